The molecule has 17 nitrogen and oxygen atoms in total. The summed E-state index contributed by atoms with van der Waals surface area (Å²) in [5, 5.41) is 19.8. The highest BCUT2D eigenvalue weighted by Gasteiger charge is 2.41. The van der Waals surface area contributed by atoms with Crippen molar-refractivity contribution in [3.8, 4) is 28.1 Å². The number of hydrogen-bond acceptors (Lipinski definition) is 11. The molecule has 4 N–H and O–H groups in total. The Morgan fingerprint density at radius 1 is 1.04 bits per heavy atom. The second-order valence-electron chi connectivity index (χ2n) is 20.4. The molecule has 1 unspecified atom stereocenters. The number of carbonyl (C=O) groups excluding carboxylic acids is 5. The van der Waals surface area contributed by atoms with Crippen molar-refractivity contribution in [2.75, 3.05) is 54.0 Å². The van der Waals surface area contributed by atoms with Crippen molar-refractivity contribution in [2.24, 2.45) is 11.3 Å². The Labute approximate surface area is 404 Å². The van der Waals surface area contributed by atoms with E-state index in [1.807, 2.05) is 39.0 Å². The number of methoxy groups -OCH3 is 1. The number of cyclic esters (lactones) is 1. The number of aromatic nitrogens is 2. The third-order valence-electron chi connectivity index (χ3n) is 14.3. The van der Waals surface area contributed by atoms with Crippen LogP contribution < -0.4 is 16.1 Å². The Balaban J connectivity index is 1.16. The Kier molecular flexibility index (Phi) is 14.4. The summed E-state index contributed by atoms with van der Waals surface area (Å²) in [5.74, 6) is -1.83. The van der Waals surface area contributed by atoms with Gasteiger partial charge in [-0.3, -0.25) is 29.2 Å². The van der Waals surface area contributed by atoms with Crippen molar-refractivity contribution < 1.29 is 38.6 Å². The number of phenols is 1. The highest BCUT2D eigenvalue weighted by Crippen LogP contribution is 2.42. The molecular formula is C52H69N9O8. The van der Waals surface area contributed by atoms with E-state index in [1.54, 1.807) is 49.3 Å². The summed E-state index contributed by atoms with van der Waals surface area (Å²) in [4.78, 5) is 79.9. The molecule has 0 radical (unpaired) electrons. The number of amides is 5. The highest BCUT2D eigenvalue weighted by atomic mass is 16.5. The lowest BCUT2D eigenvalue weighted by atomic mass is 9.84. The SMILES string of the molecule is CCn1c(-c2cccnc2[C@H](C)OC)c2c3cc(ccc31)-c1cc(O)cc(c1)C[C@H](NC(=O)C(C(C)C)N(C)C(=O)N1CC[C@H](N(C)C(=O)[C@@H]3CN3)C1)C(=O)N1CCC[C@H](N1)C(=O)OCC(C)(C)C2. The van der Waals surface area contributed by atoms with Crippen LogP contribution in [0, 0.1) is 11.3 Å². The number of nitrogens with one attached hydrogen (secondary N) is 3. The molecule has 2 aromatic carbocycles. The van der Waals surface area contributed by atoms with Gasteiger partial charge in [0.1, 0.15) is 23.9 Å². The van der Waals surface area contributed by atoms with Gasteiger partial charge in [-0.1, -0.05) is 39.8 Å². The number of esters is 1. The zero-order chi connectivity index (χ0) is 49.5. The number of rotatable bonds is 10. The van der Waals surface area contributed by atoms with E-state index in [4.69, 9.17) is 14.5 Å². The average Bonchev–Trinajstić information content (AvgIpc) is 3.99. The number of fused-ring (bicyclic) bond motifs is 6. The van der Waals surface area contributed by atoms with Crippen LogP contribution in [0.3, 0.4) is 0 Å². The van der Waals surface area contributed by atoms with Crippen molar-refractivity contribution >= 4 is 40.6 Å². The van der Waals surface area contributed by atoms with E-state index >= 15 is 0 Å². The van der Waals surface area contributed by atoms with Crippen LogP contribution in [0.25, 0.3) is 33.3 Å². The first-order chi connectivity index (χ1) is 32.9. The number of hydrogen-bond donors (Lipinski definition) is 4. The number of phenolic OH excluding ortho intramolecular Hbond substituents is 1. The van der Waals surface area contributed by atoms with Gasteiger partial charge in [-0.05, 0) is 104 Å². The molecule has 370 valence electrons. The van der Waals surface area contributed by atoms with Crippen LogP contribution in [0.5, 0.6) is 5.75 Å². The second-order valence-corrected chi connectivity index (χ2v) is 20.4. The zero-order valence-corrected chi connectivity index (χ0v) is 41.5. The number of carbonyl (C=O) groups is 5. The molecule has 0 spiro atoms. The minimum absolute atomic E-state index is 0.00484. The number of benzene rings is 2. The molecule has 4 aromatic rings. The normalized spacial score (nSPS) is 22.5. The molecule has 0 aliphatic carbocycles. The summed E-state index contributed by atoms with van der Waals surface area (Å²) >= 11 is 0. The molecule has 17 heteroatoms. The molecule has 4 aliphatic heterocycles. The van der Waals surface area contributed by atoms with Crippen LogP contribution in [0.2, 0.25) is 0 Å². The van der Waals surface area contributed by atoms with Gasteiger partial charge in [-0.15, -0.1) is 0 Å². The molecule has 5 amide bonds. The minimum Gasteiger partial charge on any atom is -0.508 e. The van der Waals surface area contributed by atoms with Gasteiger partial charge >= 0.3 is 12.0 Å². The van der Waals surface area contributed by atoms with Crippen molar-refractivity contribution in [1.82, 2.24) is 45.3 Å². The lowest BCUT2D eigenvalue weighted by molar-refractivity contribution is -0.155. The van der Waals surface area contributed by atoms with Gasteiger partial charge in [0.05, 0.1) is 36.2 Å². The molecule has 6 atom stereocenters. The monoisotopic (exact) mass is 948 g/mol. The molecule has 6 bridgehead atoms. The van der Waals surface area contributed by atoms with E-state index < -0.39 is 41.3 Å². The van der Waals surface area contributed by atoms with Crippen molar-refractivity contribution in [3.63, 3.8) is 0 Å². The molecule has 2 aromatic heterocycles. The van der Waals surface area contributed by atoms with Gasteiger partial charge in [0.2, 0.25) is 11.8 Å². The smallest absolute Gasteiger partial charge is 0.324 e. The lowest BCUT2D eigenvalue weighted by Gasteiger charge is -2.37. The van der Waals surface area contributed by atoms with Crippen molar-refractivity contribution in [1.29, 1.82) is 0 Å². The fourth-order valence-electron chi connectivity index (χ4n) is 10.5. The maximum absolute atomic E-state index is 14.8. The molecule has 3 saturated heterocycles. The summed E-state index contributed by atoms with van der Waals surface area (Å²) in [5.41, 5.74) is 9.56. The van der Waals surface area contributed by atoms with E-state index in [-0.39, 0.29) is 61.4 Å². The Morgan fingerprint density at radius 2 is 1.81 bits per heavy atom. The lowest BCUT2D eigenvalue weighted by Crippen LogP contribution is -2.62. The number of nitrogens with zero attached hydrogens (tertiary/aromatic N) is 6. The van der Waals surface area contributed by atoms with E-state index in [0.717, 1.165) is 44.5 Å². The number of aromatic hydroxyl groups is 1. The summed E-state index contributed by atoms with van der Waals surface area (Å²) in [6, 6.07) is 11.9. The first-order valence-electron chi connectivity index (χ1n) is 24.4. The van der Waals surface area contributed by atoms with E-state index in [0.29, 0.717) is 57.4 Å². The third-order valence-corrected chi connectivity index (χ3v) is 14.3. The van der Waals surface area contributed by atoms with Crippen LogP contribution >= 0.6 is 0 Å². The number of likely N-dealkylation sites (N-methyl/N-ethyl adjacent to an activating group) is 2. The Bertz CT molecular complexity index is 2610. The van der Waals surface area contributed by atoms with Crippen LogP contribution in [-0.2, 0) is 48.0 Å². The van der Waals surface area contributed by atoms with E-state index in [1.165, 1.54) is 9.91 Å². The van der Waals surface area contributed by atoms with Crippen molar-refractivity contribution in [2.45, 2.75) is 117 Å². The Hall–Kier alpha value is -6.04. The van der Waals surface area contributed by atoms with Crippen LogP contribution in [0.15, 0.2) is 54.7 Å². The van der Waals surface area contributed by atoms with Gasteiger partial charge in [0.15, 0.2) is 0 Å². The molecule has 3 fully saturated rings. The predicted molar refractivity (Wildman–Crippen MR) is 262 cm³/mol. The number of ether oxygens (including phenoxy) is 2. The minimum atomic E-state index is -1.16. The standard InChI is InChI=1S/C52H69N9O8/c1-10-60-43-16-15-33-25-38(43)39(46(60)37-13-11-18-53-44(37)31(4)68-9)26-52(5,6)29-69-50(66)40-14-12-19-61(56-40)49(65)41(23-32-21-34(33)24-36(62)22-32)55-47(63)45(30(2)3)58(8)51(67)59-20-17-35(28-59)57(7)48(64)42-27-54-42/h11,13,15-16,18,21-22,24-25,30-31,35,40-42,45,54,56,62H,10,12,14,17,19-20,23,26-29H2,1-9H3,(H,55,63)/t31-,35-,40-,41-,42-,45?/m0/s1. The topological polar surface area (TPSA) is 201 Å². The van der Waals surface area contributed by atoms with Gasteiger partial charge in [0.25, 0.3) is 5.91 Å². The van der Waals surface area contributed by atoms with E-state index in [2.05, 4.69) is 59.6 Å². The maximum Gasteiger partial charge on any atom is 0.324 e. The largest absolute Gasteiger partial charge is 0.508 e. The Morgan fingerprint density at radius 3 is 2.52 bits per heavy atom. The second kappa shape index (κ2) is 20.1. The van der Waals surface area contributed by atoms with Gasteiger partial charge in [0, 0.05) is 88.4 Å². The summed E-state index contributed by atoms with van der Waals surface area (Å²) < 4.78 is 14.2. The number of urea groups is 1. The van der Waals surface area contributed by atoms with Crippen LogP contribution in [-0.4, -0.2) is 148 Å². The number of pyridine rings is 1. The number of likely N-dealkylation sites (tertiary alicyclic amines) is 1. The number of aryl methyl sites for hydroxylation is 1. The first-order valence-corrected chi connectivity index (χ1v) is 24.4. The average molecular weight is 948 g/mol. The fraction of sp³-hybridized carbons (Fsp3) is 0.538. The number of hydrazine groups is 1. The quantitative estimate of drug-likeness (QED) is 0.123. The van der Waals surface area contributed by atoms with Gasteiger partial charge in [-0.25, -0.2) is 10.2 Å². The summed E-state index contributed by atoms with van der Waals surface area (Å²) in [7, 11) is 5.03. The third kappa shape index (κ3) is 10.3. The molecule has 4 aliphatic rings. The fourth-order valence-corrected chi connectivity index (χ4v) is 10.5. The molecule has 6 heterocycles. The molecule has 69 heavy (non-hydrogen) atoms. The van der Waals surface area contributed by atoms with Crippen LogP contribution in [0.4, 0.5) is 4.79 Å². The van der Waals surface area contributed by atoms with Gasteiger partial charge in [-0.2, -0.15) is 0 Å². The van der Waals surface area contributed by atoms with Crippen molar-refractivity contribution in [3.05, 3.63) is 71.5 Å². The van der Waals surface area contributed by atoms with Crippen LogP contribution in [0.1, 0.15) is 83.7 Å². The predicted octanol–water partition coefficient (Wildman–Crippen LogP) is 5.03. The van der Waals surface area contributed by atoms with Gasteiger partial charge < -0.3 is 44.5 Å². The zero-order valence-electron chi connectivity index (χ0n) is 41.5. The molecule has 8 rings (SSSR count). The first kappa shape index (κ1) is 49.4. The molecule has 0 saturated carbocycles. The summed E-state index contributed by atoms with van der Waals surface area (Å²) in [6.45, 7) is 14.4. The van der Waals surface area contributed by atoms with E-state index in [9.17, 15) is 29.1 Å². The maximum atomic E-state index is 14.8. The molecular weight excluding hydrogens is 879 g/mol. The summed E-state index contributed by atoms with van der Waals surface area (Å²) in [6.07, 6.45) is 3.59. The highest BCUT2D eigenvalue weighted by molar-refractivity contribution is 5.96.